The van der Waals surface area contributed by atoms with Crippen LogP contribution in [0.1, 0.15) is 0 Å². The summed E-state index contributed by atoms with van der Waals surface area (Å²) in [6, 6.07) is 11.3. The van der Waals surface area contributed by atoms with Crippen molar-refractivity contribution in [1.82, 2.24) is 14.8 Å². The number of carbonyl (C=O) groups excluding carboxylic acids is 1. The Bertz CT molecular complexity index is 841. The third-order valence-corrected chi connectivity index (χ3v) is 4.60. The van der Waals surface area contributed by atoms with Crippen molar-refractivity contribution >= 4 is 29.0 Å². The van der Waals surface area contributed by atoms with E-state index < -0.39 is 0 Å². The van der Waals surface area contributed by atoms with E-state index in [0.717, 1.165) is 11.4 Å². The van der Waals surface area contributed by atoms with Gasteiger partial charge in [0.15, 0.2) is 16.7 Å². The Morgan fingerprint density at radius 1 is 1.24 bits per heavy atom. The molecule has 130 valence electrons. The van der Waals surface area contributed by atoms with Crippen LogP contribution in [0, 0.1) is 0 Å². The van der Waals surface area contributed by atoms with Crippen LogP contribution >= 0.6 is 11.8 Å². The molecule has 2 aromatic heterocycles. The minimum absolute atomic E-state index is 0.0925. The van der Waals surface area contributed by atoms with Crippen LogP contribution in [0.3, 0.4) is 0 Å². The first-order valence-corrected chi connectivity index (χ1v) is 8.66. The molecule has 0 fully saturated rings. The summed E-state index contributed by atoms with van der Waals surface area (Å²) < 4.78 is 7.14. The third kappa shape index (κ3) is 4.03. The van der Waals surface area contributed by atoms with Crippen molar-refractivity contribution in [2.45, 2.75) is 5.16 Å². The summed E-state index contributed by atoms with van der Waals surface area (Å²) in [4.78, 5) is 14.1. The van der Waals surface area contributed by atoms with Gasteiger partial charge in [-0.05, 0) is 36.4 Å². The molecule has 0 saturated heterocycles. The van der Waals surface area contributed by atoms with E-state index in [1.807, 2.05) is 60.9 Å². The fourth-order valence-corrected chi connectivity index (χ4v) is 2.94. The molecule has 0 aliphatic rings. The Kier molecular flexibility index (Phi) is 5.08. The highest BCUT2D eigenvalue weighted by molar-refractivity contribution is 7.99. The predicted molar refractivity (Wildman–Crippen MR) is 98.8 cm³/mol. The molecule has 0 bridgehead atoms. The SMILES string of the molecule is CN(C)c1ccc(NC(=O)CSc2nnc(-c3ccco3)n2C)cc1. The summed E-state index contributed by atoms with van der Waals surface area (Å²) in [5, 5.41) is 11.8. The average molecular weight is 357 g/mol. The van der Waals surface area contributed by atoms with Crippen LogP contribution in [0.5, 0.6) is 0 Å². The molecule has 1 amide bonds. The average Bonchev–Trinajstić information content (AvgIpc) is 3.23. The normalized spacial score (nSPS) is 10.7. The molecule has 0 unspecified atom stereocenters. The monoisotopic (exact) mass is 357 g/mol. The number of carbonyl (C=O) groups is 1. The van der Waals surface area contributed by atoms with Gasteiger partial charge in [-0.15, -0.1) is 10.2 Å². The molecule has 0 radical (unpaired) electrons. The van der Waals surface area contributed by atoms with E-state index in [9.17, 15) is 4.79 Å². The van der Waals surface area contributed by atoms with E-state index >= 15 is 0 Å². The lowest BCUT2D eigenvalue weighted by atomic mass is 10.2. The summed E-state index contributed by atoms with van der Waals surface area (Å²) in [7, 11) is 5.79. The number of hydrogen-bond donors (Lipinski definition) is 1. The van der Waals surface area contributed by atoms with Crippen molar-refractivity contribution in [3.63, 3.8) is 0 Å². The van der Waals surface area contributed by atoms with E-state index in [1.54, 1.807) is 12.3 Å². The first kappa shape index (κ1) is 17.1. The Morgan fingerprint density at radius 3 is 2.64 bits per heavy atom. The number of thioether (sulfide) groups is 1. The summed E-state index contributed by atoms with van der Waals surface area (Å²) in [6.07, 6.45) is 1.59. The summed E-state index contributed by atoms with van der Waals surface area (Å²) in [5.74, 6) is 1.43. The van der Waals surface area contributed by atoms with Crippen molar-refractivity contribution in [3.05, 3.63) is 42.7 Å². The lowest BCUT2D eigenvalue weighted by molar-refractivity contribution is -0.113. The second kappa shape index (κ2) is 7.43. The molecule has 25 heavy (non-hydrogen) atoms. The van der Waals surface area contributed by atoms with Crippen LogP contribution in [-0.2, 0) is 11.8 Å². The maximum absolute atomic E-state index is 12.1. The van der Waals surface area contributed by atoms with Gasteiger partial charge in [0.2, 0.25) is 5.91 Å². The van der Waals surface area contributed by atoms with Gasteiger partial charge in [0.25, 0.3) is 0 Å². The second-order valence-electron chi connectivity index (χ2n) is 5.62. The maximum Gasteiger partial charge on any atom is 0.234 e. The van der Waals surface area contributed by atoms with Crippen LogP contribution in [-0.4, -0.2) is 40.5 Å². The van der Waals surface area contributed by atoms with Gasteiger partial charge >= 0.3 is 0 Å². The molecule has 0 aliphatic carbocycles. The molecule has 0 spiro atoms. The molecule has 1 N–H and O–H groups in total. The highest BCUT2D eigenvalue weighted by atomic mass is 32.2. The van der Waals surface area contributed by atoms with Crippen LogP contribution in [0.4, 0.5) is 11.4 Å². The lowest BCUT2D eigenvalue weighted by Gasteiger charge is -2.13. The van der Waals surface area contributed by atoms with E-state index in [0.29, 0.717) is 16.7 Å². The number of nitrogens with one attached hydrogen (secondary N) is 1. The van der Waals surface area contributed by atoms with Crippen LogP contribution in [0.15, 0.2) is 52.2 Å². The van der Waals surface area contributed by atoms with E-state index in [1.165, 1.54) is 11.8 Å². The summed E-state index contributed by atoms with van der Waals surface area (Å²) >= 11 is 1.33. The maximum atomic E-state index is 12.1. The standard InChI is InChI=1S/C17H19N5O2S/c1-21(2)13-8-6-12(7-9-13)18-15(23)11-25-17-20-19-16(22(17)3)14-5-4-10-24-14/h4-10H,11H2,1-3H3,(H,18,23). The molecule has 3 rings (SSSR count). The number of furan rings is 1. The molecule has 8 heteroatoms. The predicted octanol–water partition coefficient (Wildman–Crippen LogP) is 2.87. The van der Waals surface area contributed by atoms with Crippen LogP contribution in [0.2, 0.25) is 0 Å². The van der Waals surface area contributed by atoms with Crippen molar-refractivity contribution in [1.29, 1.82) is 0 Å². The fraction of sp³-hybridized carbons (Fsp3) is 0.235. The van der Waals surface area contributed by atoms with Gasteiger partial charge in [-0.3, -0.25) is 4.79 Å². The number of hydrogen-bond acceptors (Lipinski definition) is 6. The zero-order valence-corrected chi connectivity index (χ0v) is 15.1. The highest BCUT2D eigenvalue weighted by Crippen LogP contribution is 2.23. The van der Waals surface area contributed by atoms with Crippen molar-refractivity contribution in [3.8, 4) is 11.6 Å². The second-order valence-corrected chi connectivity index (χ2v) is 6.56. The number of rotatable bonds is 6. The quantitative estimate of drug-likeness (QED) is 0.684. The zero-order valence-electron chi connectivity index (χ0n) is 14.3. The largest absolute Gasteiger partial charge is 0.461 e. The third-order valence-electron chi connectivity index (χ3n) is 3.58. The Balaban J connectivity index is 1.57. The summed E-state index contributed by atoms with van der Waals surface area (Å²) in [6.45, 7) is 0. The van der Waals surface area contributed by atoms with Crippen molar-refractivity contribution in [2.24, 2.45) is 7.05 Å². The first-order chi connectivity index (χ1) is 12.0. The van der Waals surface area contributed by atoms with Gasteiger partial charge in [-0.2, -0.15) is 0 Å². The molecule has 0 aliphatic heterocycles. The van der Waals surface area contributed by atoms with Crippen LogP contribution in [0.25, 0.3) is 11.6 Å². The van der Waals surface area contributed by atoms with Gasteiger partial charge in [-0.25, -0.2) is 0 Å². The van der Waals surface area contributed by atoms with Gasteiger partial charge < -0.3 is 19.2 Å². The van der Waals surface area contributed by atoms with Gasteiger partial charge in [0.05, 0.1) is 12.0 Å². The number of aromatic nitrogens is 3. The Morgan fingerprint density at radius 2 is 2.00 bits per heavy atom. The fourth-order valence-electron chi connectivity index (χ4n) is 2.23. The molecule has 0 atom stereocenters. The molecule has 0 saturated carbocycles. The summed E-state index contributed by atoms with van der Waals surface area (Å²) in [5.41, 5.74) is 1.85. The zero-order chi connectivity index (χ0) is 17.8. The van der Waals surface area contributed by atoms with E-state index in [2.05, 4.69) is 15.5 Å². The minimum atomic E-state index is -0.0925. The van der Waals surface area contributed by atoms with Gasteiger partial charge in [0.1, 0.15) is 0 Å². The van der Waals surface area contributed by atoms with Gasteiger partial charge in [0, 0.05) is 32.5 Å². The number of nitrogens with zero attached hydrogens (tertiary/aromatic N) is 4. The number of amides is 1. The number of anilines is 2. The van der Waals surface area contributed by atoms with Crippen LogP contribution < -0.4 is 10.2 Å². The Labute approximate surface area is 150 Å². The molecular weight excluding hydrogens is 338 g/mol. The highest BCUT2D eigenvalue weighted by Gasteiger charge is 2.14. The molecule has 7 nitrogen and oxygen atoms in total. The Hall–Kier alpha value is -2.74. The topological polar surface area (TPSA) is 76.2 Å². The van der Waals surface area contributed by atoms with E-state index in [-0.39, 0.29) is 11.7 Å². The number of benzene rings is 1. The molecular formula is C17H19N5O2S. The smallest absolute Gasteiger partial charge is 0.234 e. The minimum Gasteiger partial charge on any atom is -0.461 e. The first-order valence-electron chi connectivity index (χ1n) is 7.68. The van der Waals surface area contributed by atoms with Gasteiger partial charge in [-0.1, -0.05) is 11.8 Å². The lowest BCUT2D eigenvalue weighted by Crippen LogP contribution is -2.15. The molecule has 1 aromatic carbocycles. The molecule has 3 aromatic rings. The van der Waals surface area contributed by atoms with Crippen molar-refractivity contribution < 1.29 is 9.21 Å². The van der Waals surface area contributed by atoms with E-state index in [4.69, 9.17) is 4.42 Å². The van der Waals surface area contributed by atoms with Crippen molar-refractivity contribution in [2.75, 3.05) is 30.1 Å². The molecule has 2 heterocycles.